The lowest BCUT2D eigenvalue weighted by molar-refractivity contribution is 0.0383. The minimum Gasteiger partial charge on any atom is -0.497 e. The van der Waals surface area contributed by atoms with Gasteiger partial charge in [-0.05, 0) is 48.9 Å². The second-order valence-corrected chi connectivity index (χ2v) is 9.61. The third kappa shape index (κ3) is 4.70. The summed E-state index contributed by atoms with van der Waals surface area (Å²) in [6, 6.07) is 19.9. The molecule has 8 heteroatoms. The number of H-pyrrole nitrogens is 1. The zero-order chi connectivity index (χ0) is 26.1. The molecule has 0 bridgehead atoms. The number of rotatable bonds is 6. The van der Waals surface area contributed by atoms with Crippen LogP contribution in [0.5, 0.6) is 17.2 Å². The van der Waals surface area contributed by atoms with Crippen LogP contribution in [0.1, 0.15) is 41.5 Å². The summed E-state index contributed by atoms with van der Waals surface area (Å²) in [7, 11) is 1.66. The van der Waals surface area contributed by atoms with Gasteiger partial charge in [-0.3, -0.25) is 9.78 Å². The Morgan fingerprint density at radius 1 is 1.13 bits per heavy atom. The molecule has 6 rings (SSSR count). The van der Waals surface area contributed by atoms with Crippen molar-refractivity contribution in [1.29, 1.82) is 0 Å². The number of fused-ring (bicyclic) bond motifs is 2. The molecule has 38 heavy (non-hydrogen) atoms. The predicted octanol–water partition coefficient (Wildman–Crippen LogP) is 5.23. The Morgan fingerprint density at radius 3 is 2.92 bits per heavy atom. The van der Waals surface area contributed by atoms with Crippen LogP contribution in [0.15, 0.2) is 77.9 Å². The van der Waals surface area contributed by atoms with Crippen molar-refractivity contribution in [2.45, 2.75) is 25.5 Å². The van der Waals surface area contributed by atoms with Gasteiger partial charge in [0.15, 0.2) is 0 Å². The number of pyridine rings is 2. The molecule has 4 aromatic rings. The van der Waals surface area contributed by atoms with E-state index < -0.39 is 0 Å². The van der Waals surface area contributed by atoms with Gasteiger partial charge in [0.2, 0.25) is 0 Å². The molecule has 2 N–H and O–H groups in total. The van der Waals surface area contributed by atoms with Gasteiger partial charge in [0, 0.05) is 54.8 Å². The molecule has 0 amide bonds. The molecule has 0 aliphatic carbocycles. The highest BCUT2D eigenvalue weighted by molar-refractivity contribution is 5.59. The third-order valence-corrected chi connectivity index (χ3v) is 7.15. The van der Waals surface area contributed by atoms with Crippen LogP contribution >= 0.6 is 0 Å². The van der Waals surface area contributed by atoms with Gasteiger partial charge in [-0.1, -0.05) is 18.2 Å². The minimum atomic E-state index is -0.197. The van der Waals surface area contributed by atoms with Gasteiger partial charge in [0.1, 0.15) is 29.0 Å². The molecule has 8 nitrogen and oxygen atoms in total. The lowest BCUT2D eigenvalue weighted by atomic mass is 9.95. The Balaban J connectivity index is 1.21. The first-order valence-electron chi connectivity index (χ1n) is 12.8. The summed E-state index contributed by atoms with van der Waals surface area (Å²) < 4.78 is 18.0. The van der Waals surface area contributed by atoms with Gasteiger partial charge in [0.05, 0.1) is 25.5 Å². The Kier molecular flexibility index (Phi) is 6.47. The molecule has 2 atom stereocenters. The molecule has 0 saturated carbocycles. The number of hydrogen-bond acceptors (Lipinski definition) is 7. The minimum absolute atomic E-state index is 0.00907. The number of para-hydroxylation sites is 1. The third-order valence-electron chi connectivity index (χ3n) is 7.15. The topological polar surface area (TPSA) is 88.7 Å². The van der Waals surface area contributed by atoms with E-state index in [0.29, 0.717) is 25.4 Å². The van der Waals surface area contributed by atoms with Gasteiger partial charge < -0.3 is 29.4 Å². The smallest absolute Gasteiger partial charge is 0.271 e. The Labute approximate surface area is 221 Å². The SMILES string of the molecule is COc1ccnc(C(C)Nc2ccc3c(c2)Cc2cccc(C4CN(c5ccc[nH]c5=O)CCO4)c2O3)c1. The second-order valence-electron chi connectivity index (χ2n) is 9.61. The van der Waals surface area contributed by atoms with E-state index in [2.05, 4.69) is 51.4 Å². The van der Waals surface area contributed by atoms with Gasteiger partial charge in [-0.15, -0.1) is 0 Å². The number of methoxy groups -OCH3 is 1. The predicted molar refractivity (Wildman–Crippen MR) is 147 cm³/mol. The first kappa shape index (κ1) is 24.1. The Bertz CT molecular complexity index is 1520. The fourth-order valence-electron chi connectivity index (χ4n) is 5.18. The first-order valence-corrected chi connectivity index (χ1v) is 12.8. The quantitative estimate of drug-likeness (QED) is 0.324. The second kappa shape index (κ2) is 10.2. The highest BCUT2D eigenvalue weighted by Crippen LogP contribution is 2.43. The molecule has 0 spiro atoms. The van der Waals surface area contributed by atoms with Crippen LogP contribution in [0.2, 0.25) is 0 Å². The monoisotopic (exact) mass is 510 g/mol. The molecule has 2 aromatic carbocycles. The van der Waals surface area contributed by atoms with Crippen LogP contribution in [0.25, 0.3) is 0 Å². The van der Waals surface area contributed by atoms with E-state index in [1.165, 1.54) is 0 Å². The van der Waals surface area contributed by atoms with Gasteiger partial charge in [0.25, 0.3) is 5.56 Å². The van der Waals surface area contributed by atoms with Crippen LogP contribution < -0.4 is 25.2 Å². The Hall–Kier alpha value is -4.30. The maximum Gasteiger partial charge on any atom is 0.271 e. The molecule has 2 aliphatic heterocycles. The number of benzene rings is 2. The molecule has 2 aliphatic rings. The zero-order valence-corrected chi connectivity index (χ0v) is 21.4. The standard InChI is InChI=1S/C30H30N4O4/c1-19(25-17-23(36-2)10-12-31-25)33-22-8-9-27-21(16-22)15-20-5-3-6-24(29(20)38-27)28-18-34(13-14-37-28)26-7-4-11-32-30(26)35/h3-12,16-17,19,28,33H,13-15,18H2,1-2H3,(H,32,35). The van der Waals surface area contributed by atoms with Crippen LogP contribution in [-0.2, 0) is 11.2 Å². The number of aromatic nitrogens is 2. The highest BCUT2D eigenvalue weighted by Gasteiger charge is 2.29. The lowest BCUT2D eigenvalue weighted by Crippen LogP contribution is -2.41. The normalized spacial score (nSPS) is 17.1. The van der Waals surface area contributed by atoms with Crippen molar-refractivity contribution in [2.24, 2.45) is 0 Å². The van der Waals surface area contributed by atoms with E-state index in [1.807, 2.05) is 36.4 Å². The van der Waals surface area contributed by atoms with Gasteiger partial charge in [-0.25, -0.2) is 0 Å². The average molecular weight is 511 g/mol. The van der Waals surface area contributed by atoms with Crippen LogP contribution in [-0.4, -0.2) is 36.8 Å². The summed E-state index contributed by atoms with van der Waals surface area (Å²) in [5.41, 5.74) is 5.73. The number of ether oxygens (including phenoxy) is 3. The number of nitrogens with zero attached hydrogens (tertiary/aromatic N) is 2. The molecule has 0 radical (unpaired) electrons. The summed E-state index contributed by atoms with van der Waals surface area (Å²) >= 11 is 0. The van der Waals surface area contributed by atoms with Crippen LogP contribution in [0, 0.1) is 0 Å². The molecule has 4 heterocycles. The fraction of sp³-hybridized carbons (Fsp3) is 0.267. The van der Waals surface area contributed by atoms with Crippen molar-refractivity contribution in [3.05, 3.63) is 106 Å². The molecule has 1 fully saturated rings. The van der Waals surface area contributed by atoms with Crippen molar-refractivity contribution >= 4 is 11.4 Å². The summed E-state index contributed by atoms with van der Waals surface area (Å²) in [6.07, 6.45) is 3.97. The maximum atomic E-state index is 12.4. The van der Waals surface area contributed by atoms with E-state index in [0.717, 1.165) is 51.7 Å². The van der Waals surface area contributed by atoms with E-state index in [-0.39, 0.29) is 17.7 Å². The summed E-state index contributed by atoms with van der Waals surface area (Å²) in [5.74, 6) is 2.48. The first-order chi connectivity index (χ1) is 18.6. The highest BCUT2D eigenvalue weighted by atomic mass is 16.5. The van der Waals surface area contributed by atoms with Crippen LogP contribution in [0.4, 0.5) is 11.4 Å². The number of hydrogen-bond donors (Lipinski definition) is 2. The zero-order valence-electron chi connectivity index (χ0n) is 21.4. The van der Waals surface area contributed by atoms with Crippen molar-refractivity contribution in [2.75, 3.05) is 37.0 Å². The number of anilines is 2. The average Bonchev–Trinajstić information content (AvgIpc) is 2.96. The van der Waals surface area contributed by atoms with E-state index in [1.54, 1.807) is 19.5 Å². The number of morpholine rings is 1. The van der Waals surface area contributed by atoms with Crippen LogP contribution in [0.3, 0.4) is 0 Å². The van der Waals surface area contributed by atoms with E-state index in [9.17, 15) is 4.79 Å². The molecule has 2 aromatic heterocycles. The molecular weight excluding hydrogens is 480 g/mol. The van der Waals surface area contributed by atoms with E-state index in [4.69, 9.17) is 14.2 Å². The summed E-state index contributed by atoms with van der Waals surface area (Å²) in [4.78, 5) is 21.7. The van der Waals surface area contributed by atoms with E-state index >= 15 is 0 Å². The summed E-state index contributed by atoms with van der Waals surface area (Å²) in [6.45, 7) is 3.87. The van der Waals surface area contributed by atoms with Gasteiger partial charge in [-0.2, -0.15) is 0 Å². The fourth-order valence-corrected chi connectivity index (χ4v) is 5.18. The lowest BCUT2D eigenvalue weighted by Gasteiger charge is -2.35. The van der Waals surface area contributed by atoms with Crippen molar-refractivity contribution in [3.63, 3.8) is 0 Å². The molecule has 1 saturated heterocycles. The molecule has 2 unspecified atom stereocenters. The van der Waals surface area contributed by atoms with Crippen molar-refractivity contribution in [3.8, 4) is 17.2 Å². The summed E-state index contributed by atoms with van der Waals surface area (Å²) in [5, 5.41) is 3.54. The van der Waals surface area contributed by atoms with Crippen molar-refractivity contribution < 1.29 is 14.2 Å². The number of nitrogens with one attached hydrogen (secondary N) is 2. The number of aromatic amines is 1. The maximum absolute atomic E-state index is 12.4. The van der Waals surface area contributed by atoms with Gasteiger partial charge >= 0.3 is 0 Å². The Morgan fingerprint density at radius 2 is 2.05 bits per heavy atom. The molecule has 194 valence electrons. The van der Waals surface area contributed by atoms with Crippen molar-refractivity contribution in [1.82, 2.24) is 9.97 Å². The largest absolute Gasteiger partial charge is 0.497 e. The molecular formula is C30H30N4O4.